The normalized spacial score (nSPS) is 22.3. The maximum Gasteiger partial charge on any atom is 0.222 e. The van der Waals surface area contributed by atoms with E-state index in [9.17, 15) is 4.79 Å². The van der Waals surface area contributed by atoms with Crippen LogP contribution in [0.4, 0.5) is 0 Å². The average molecular weight is 185 g/mol. The van der Waals surface area contributed by atoms with Crippen molar-refractivity contribution in [3.8, 4) is 0 Å². The fourth-order valence-electron chi connectivity index (χ4n) is 1.82. The van der Waals surface area contributed by atoms with Crippen LogP contribution in [-0.2, 0) is 9.53 Å². The molecule has 1 fully saturated rings. The van der Waals surface area contributed by atoms with E-state index in [-0.39, 0.29) is 0 Å². The smallest absolute Gasteiger partial charge is 0.222 e. The van der Waals surface area contributed by atoms with Crippen LogP contribution >= 0.6 is 0 Å². The first-order valence-corrected chi connectivity index (χ1v) is 5.04. The van der Waals surface area contributed by atoms with E-state index in [1.165, 1.54) is 0 Å². The number of carbonyl (C=O) groups is 1. The molecule has 1 unspecified atom stereocenters. The fraction of sp³-hybridized carbons (Fsp3) is 0.900. The molecule has 0 aromatic heterocycles. The molecule has 1 aliphatic heterocycles. The number of carbonyl (C=O) groups excluding carboxylic acids is 1. The van der Waals surface area contributed by atoms with Crippen LogP contribution in [0.1, 0.15) is 32.6 Å². The molecule has 3 heteroatoms. The maximum absolute atomic E-state index is 11.6. The number of methoxy groups -OCH3 is 1. The Hall–Kier alpha value is -0.570. The van der Waals surface area contributed by atoms with Gasteiger partial charge in [0.1, 0.15) is 0 Å². The highest BCUT2D eigenvalue weighted by molar-refractivity contribution is 5.76. The summed E-state index contributed by atoms with van der Waals surface area (Å²) in [7, 11) is 1.67. The summed E-state index contributed by atoms with van der Waals surface area (Å²) >= 11 is 0. The lowest BCUT2D eigenvalue weighted by Gasteiger charge is -2.21. The number of hydrogen-bond acceptors (Lipinski definition) is 2. The molecular weight excluding hydrogens is 166 g/mol. The molecule has 1 heterocycles. The zero-order chi connectivity index (χ0) is 9.68. The van der Waals surface area contributed by atoms with Crippen molar-refractivity contribution in [1.82, 2.24) is 4.90 Å². The number of hydrogen-bond donors (Lipinski definition) is 0. The molecule has 1 saturated heterocycles. The zero-order valence-corrected chi connectivity index (χ0v) is 8.58. The molecule has 13 heavy (non-hydrogen) atoms. The molecule has 1 aliphatic rings. The first-order chi connectivity index (χ1) is 6.25. The quantitative estimate of drug-likeness (QED) is 0.620. The minimum atomic E-state index is 0.294. The Morgan fingerprint density at radius 3 is 2.92 bits per heavy atom. The predicted molar refractivity (Wildman–Crippen MR) is 51.5 cm³/mol. The number of ether oxygens (including phenoxy) is 1. The molecule has 0 saturated carbocycles. The van der Waals surface area contributed by atoms with Gasteiger partial charge in [0, 0.05) is 32.7 Å². The van der Waals surface area contributed by atoms with E-state index in [4.69, 9.17) is 4.74 Å². The minimum absolute atomic E-state index is 0.294. The van der Waals surface area contributed by atoms with Crippen LogP contribution in [0.15, 0.2) is 0 Å². The second-order valence-electron chi connectivity index (χ2n) is 3.67. The van der Waals surface area contributed by atoms with E-state index in [0.717, 1.165) is 25.8 Å². The molecule has 0 bridgehead atoms. The summed E-state index contributed by atoms with van der Waals surface area (Å²) in [5.41, 5.74) is 0. The Balaban J connectivity index is 2.22. The monoisotopic (exact) mass is 185 g/mol. The van der Waals surface area contributed by atoms with Crippen molar-refractivity contribution in [3.63, 3.8) is 0 Å². The Morgan fingerprint density at radius 2 is 2.38 bits per heavy atom. The molecule has 0 aromatic carbocycles. The molecule has 0 N–H and O–H groups in total. The lowest BCUT2D eigenvalue weighted by atomic mass is 10.2. The van der Waals surface area contributed by atoms with Crippen LogP contribution in [0.2, 0.25) is 0 Å². The third kappa shape index (κ3) is 2.99. The first kappa shape index (κ1) is 10.5. The van der Waals surface area contributed by atoms with Crippen molar-refractivity contribution >= 4 is 5.91 Å². The highest BCUT2D eigenvalue weighted by atomic mass is 16.5. The second kappa shape index (κ2) is 5.22. The molecule has 1 amide bonds. The summed E-state index contributed by atoms with van der Waals surface area (Å²) in [6, 6.07) is 0.454. The third-order valence-electron chi connectivity index (χ3n) is 2.61. The summed E-state index contributed by atoms with van der Waals surface area (Å²) in [5, 5.41) is 0. The molecule has 0 radical (unpaired) electrons. The van der Waals surface area contributed by atoms with Crippen molar-refractivity contribution < 1.29 is 9.53 Å². The SMILES string of the molecule is COCCCC(=O)N1CCCC1C. The highest BCUT2D eigenvalue weighted by Gasteiger charge is 2.23. The average Bonchev–Trinajstić information content (AvgIpc) is 2.52. The van der Waals surface area contributed by atoms with Crippen LogP contribution in [0, 0.1) is 0 Å². The zero-order valence-electron chi connectivity index (χ0n) is 8.58. The van der Waals surface area contributed by atoms with Gasteiger partial charge in [0.25, 0.3) is 0 Å². The molecule has 0 aromatic rings. The number of rotatable bonds is 4. The Bertz CT molecular complexity index is 170. The van der Waals surface area contributed by atoms with Gasteiger partial charge >= 0.3 is 0 Å². The standard InChI is InChI=1S/C10H19NO2/c1-9-5-3-7-11(9)10(12)6-4-8-13-2/h9H,3-8H2,1-2H3. The highest BCUT2D eigenvalue weighted by Crippen LogP contribution is 2.17. The third-order valence-corrected chi connectivity index (χ3v) is 2.61. The van der Waals surface area contributed by atoms with Gasteiger partial charge in [-0.3, -0.25) is 4.79 Å². The Morgan fingerprint density at radius 1 is 1.62 bits per heavy atom. The minimum Gasteiger partial charge on any atom is -0.385 e. The predicted octanol–water partition coefficient (Wildman–Crippen LogP) is 1.42. The van der Waals surface area contributed by atoms with Gasteiger partial charge < -0.3 is 9.64 Å². The van der Waals surface area contributed by atoms with Crippen molar-refractivity contribution in [3.05, 3.63) is 0 Å². The van der Waals surface area contributed by atoms with Gasteiger partial charge in [-0.05, 0) is 26.2 Å². The molecule has 1 rings (SSSR count). The lowest BCUT2D eigenvalue weighted by molar-refractivity contribution is -0.132. The van der Waals surface area contributed by atoms with E-state index in [1.54, 1.807) is 7.11 Å². The second-order valence-corrected chi connectivity index (χ2v) is 3.67. The number of likely N-dealkylation sites (tertiary alicyclic amines) is 1. The van der Waals surface area contributed by atoms with Crippen LogP contribution in [0.3, 0.4) is 0 Å². The largest absolute Gasteiger partial charge is 0.385 e. The number of amides is 1. The van der Waals surface area contributed by atoms with Gasteiger partial charge in [0.2, 0.25) is 5.91 Å². The Kier molecular flexibility index (Phi) is 4.22. The summed E-state index contributed by atoms with van der Waals surface area (Å²) in [6.45, 7) is 3.77. The van der Waals surface area contributed by atoms with Gasteiger partial charge in [-0.2, -0.15) is 0 Å². The van der Waals surface area contributed by atoms with Crippen LogP contribution in [0.5, 0.6) is 0 Å². The summed E-state index contributed by atoms with van der Waals surface area (Å²) < 4.78 is 4.91. The van der Waals surface area contributed by atoms with E-state index in [2.05, 4.69) is 6.92 Å². The summed E-state index contributed by atoms with van der Waals surface area (Å²) in [6.07, 6.45) is 3.81. The Labute approximate surface area is 80.1 Å². The molecule has 1 atom stereocenters. The van der Waals surface area contributed by atoms with Crippen molar-refractivity contribution in [2.45, 2.75) is 38.6 Å². The van der Waals surface area contributed by atoms with E-state index in [1.807, 2.05) is 4.90 Å². The van der Waals surface area contributed by atoms with Gasteiger partial charge in [0.05, 0.1) is 0 Å². The lowest BCUT2D eigenvalue weighted by Crippen LogP contribution is -2.33. The van der Waals surface area contributed by atoms with E-state index in [0.29, 0.717) is 25.0 Å². The van der Waals surface area contributed by atoms with E-state index < -0.39 is 0 Å². The fourth-order valence-corrected chi connectivity index (χ4v) is 1.82. The van der Waals surface area contributed by atoms with Crippen LogP contribution < -0.4 is 0 Å². The molecule has 0 spiro atoms. The first-order valence-electron chi connectivity index (χ1n) is 5.04. The molecular formula is C10H19NO2. The van der Waals surface area contributed by atoms with Crippen LogP contribution in [-0.4, -0.2) is 37.1 Å². The van der Waals surface area contributed by atoms with Crippen LogP contribution in [0.25, 0.3) is 0 Å². The van der Waals surface area contributed by atoms with Crippen molar-refractivity contribution in [1.29, 1.82) is 0 Å². The van der Waals surface area contributed by atoms with Gasteiger partial charge in [0.15, 0.2) is 0 Å². The van der Waals surface area contributed by atoms with Gasteiger partial charge in [-0.25, -0.2) is 0 Å². The summed E-state index contributed by atoms with van der Waals surface area (Å²) in [4.78, 5) is 13.6. The molecule has 3 nitrogen and oxygen atoms in total. The van der Waals surface area contributed by atoms with Gasteiger partial charge in [-0.1, -0.05) is 0 Å². The van der Waals surface area contributed by atoms with Crippen molar-refractivity contribution in [2.75, 3.05) is 20.3 Å². The van der Waals surface area contributed by atoms with Gasteiger partial charge in [-0.15, -0.1) is 0 Å². The maximum atomic E-state index is 11.6. The van der Waals surface area contributed by atoms with Crippen molar-refractivity contribution in [2.24, 2.45) is 0 Å². The summed E-state index contributed by atoms with van der Waals surface area (Å²) in [5.74, 6) is 0.294. The molecule has 76 valence electrons. The number of nitrogens with zero attached hydrogens (tertiary/aromatic N) is 1. The van der Waals surface area contributed by atoms with E-state index >= 15 is 0 Å². The molecule has 0 aliphatic carbocycles. The topological polar surface area (TPSA) is 29.5 Å².